The molecule has 0 aromatic rings. The SMILES string of the molecule is CCCCCCCCCC12C[C@@H]3C[C@@H](CC(Br)(C3)C1)C2. The van der Waals surface area contributed by atoms with Crippen molar-refractivity contribution in [2.24, 2.45) is 17.3 Å². The van der Waals surface area contributed by atoms with Crippen molar-refractivity contribution < 1.29 is 0 Å². The van der Waals surface area contributed by atoms with Gasteiger partial charge in [-0.15, -0.1) is 0 Å². The van der Waals surface area contributed by atoms with Crippen LogP contribution in [0.1, 0.15) is 96.8 Å². The summed E-state index contributed by atoms with van der Waals surface area (Å²) >= 11 is 4.14. The van der Waals surface area contributed by atoms with E-state index in [0.29, 0.717) is 4.32 Å². The molecule has 0 spiro atoms. The highest BCUT2D eigenvalue weighted by Gasteiger charge is 2.56. The summed E-state index contributed by atoms with van der Waals surface area (Å²) in [6.07, 6.45) is 21.0. The molecule has 2 unspecified atom stereocenters. The Balaban J connectivity index is 1.41. The average molecular weight is 341 g/mol. The molecule has 0 heterocycles. The molecule has 4 atom stereocenters. The molecule has 4 aliphatic rings. The molecule has 0 amide bonds. The van der Waals surface area contributed by atoms with Crippen LogP contribution in [0.15, 0.2) is 0 Å². The van der Waals surface area contributed by atoms with E-state index in [1.807, 2.05) is 0 Å². The number of rotatable bonds is 8. The molecule has 0 nitrogen and oxygen atoms in total. The Hall–Kier alpha value is 0.480. The summed E-state index contributed by atoms with van der Waals surface area (Å²) in [5, 5.41) is 0. The third-order valence-electron chi connectivity index (χ3n) is 6.42. The lowest BCUT2D eigenvalue weighted by Gasteiger charge is -2.60. The summed E-state index contributed by atoms with van der Waals surface area (Å²) in [7, 11) is 0. The summed E-state index contributed by atoms with van der Waals surface area (Å²) in [6, 6.07) is 0. The lowest BCUT2D eigenvalue weighted by molar-refractivity contribution is -0.0412. The molecule has 0 aromatic heterocycles. The third-order valence-corrected chi connectivity index (χ3v) is 7.35. The molecular weight excluding hydrogens is 308 g/mol. The Labute approximate surface area is 134 Å². The zero-order chi connectivity index (χ0) is 14.1. The highest BCUT2D eigenvalue weighted by atomic mass is 79.9. The topological polar surface area (TPSA) is 0 Å². The van der Waals surface area contributed by atoms with Gasteiger partial charge in [0.15, 0.2) is 0 Å². The van der Waals surface area contributed by atoms with Crippen molar-refractivity contribution in [3.8, 4) is 0 Å². The number of alkyl halides is 1. The Morgan fingerprint density at radius 1 is 0.850 bits per heavy atom. The molecule has 0 aliphatic heterocycles. The number of hydrogen-bond donors (Lipinski definition) is 0. The van der Waals surface area contributed by atoms with Crippen molar-refractivity contribution in [3.63, 3.8) is 0 Å². The maximum atomic E-state index is 4.14. The minimum Gasteiger partial charge on any atom is -0.0853 e. The first kappa shape index (κ1) is 15.4. The predicted octanol–water partition coefficient (Wildman–Crippen LogP) is 6.86. The molecule has 0 N–H and O–H groups in total. The average Bonchev–Trinajstić information content (AvgIpc) is 2.34. The van der Waals surface area contributed by atoms with Crippen LogP contribution in [0.2, 0.25) is 0 Å². The van der Waals surface area contributed by atoms with Crippen molar-refractivity contribution in [1.29, 1.82) is 0 Å². The van der Waals surface area contributed by atoms with Crippen LogP contribution in [-0.2, 0) is 0 Å². The number of halogens is 1. The molecule has 20 heavy (non-hydrogen) atoms. The molecule has 4 saturated carbocycles. The van der Waals surface area contributed by atoms with Crippen molar-refractivity contribution in [2.45, 2.75) is 101 Å². The minimum absolute atomic E-state index is 0.568. The third kappa shape index (κ3) is 3.45. The maximum Gasteiger partial charge on any atom is 0.0268 e. The van der Waals surface area contributed by atoms with Crippen LogP contribution in [0.5, 0.6) is 0 Å². The highest BCUT2D eigenvalue weighted by molar-refractivity contribution is 9.10. The van der Waals surface area contributed by atoms with Crippen LogP contribution in [0, 0.1) is 17.3 Å². The quantitative estimate of drug-likeness (QED) is 0.334. The van der Waals surface area contributed by atoms with Gasteiger partial charge in [-0.3, -0.25) is 0 Å². The summed E-state index contributed by atoms with van der Waals surface area (Å²) in [6.45, 7) is 2.31. The number of unbranched alkanes of at least 4 members (excludes halogenated alkanes) is 6. The molecule has 4 aliphatic carbocycles. The van der Waals surface area contributed by atoms with Crippen LogP contribution < -0.4 is 0 Å². The lowest BCUT2D eigenvalue weighted by atomic mass is 9.48. The molecule has 0 radical (unpaired) electrons. The summed E-state index contributed by atoms with van der Waals surface area (Å²) in [5.74, 6) is 2.14. The lowest BCUT2D eigenvalue weighted by Crippen LogP contribution is -2.52. The molecule has 116 valence electrons. The van der Waals surface area contributed by atoms with Crippen LogP contribution in [0.3, 0.4) is 0 Å². The van der Waals surface area contributed by atoms with Crippen LogP contribution >= 0.6 is 15.9 Å². The molecular formula is C19H33Br. The molecule has 0 aromatic carbocycles. The first-order chi connectivity index (χ1) is 9.63. The summed E-state index contributed by atoms with van der Waals surface area (Å²) in [5.41, 5.74) is 0.761. The van der Waals surface area contributed by atoms with E-state index in [4.69, 9.17) is 0 Å². The zero-order valence-electron chi connectivity index (χ0n) is 13.4. The van der Waals surface area contributed by atoms with Gasteiger partial charge in [0.25, 0.3) is 0 Å². The Kier molecular flexibility index (Phi) is 4.85. The molecule has 4 bridgehead atoms. The minimum atomic E-state index is 0.568. The van der Waals surface area contributed by atoms with Gasteiger partial charge in [-0.1, -0.05) is 67.8 Å². The van der Waals surface area contributed by atoms with Crippen molar-refractivity contribution in [3.05, 3.63) is 0 Å². The van der Waals surface area contributed by atoms with E-state index in [2.05, 4.69) is 22.9 Å². The molecule has 0 saturated heterocycles. The van der Waals surface area contributed by atoms with Crippen molar-refractivity contribution >= 4 is 15.9 Å². The standard InChI is InChI=1S/C19H33Br/c1-2-3-4-5-6-7-8-9-18-11-16-10-17(12-18)14-19(20,13-16)15-18/h16-17H,2-15H2,1H3/t16-,17+,18?,19?. The zero-order valence-corrected chi connectivity index (χ0v) is 15.0. The Morgan fingerprint density at radius 3 is 2.05 bits per heavy atom. The van der Waals surface area contributed by atoms with E-state index in [-0.39, 0.29) is 0 Å². The smallest absolute Gasteiger partial charge is 0.0268 e. The van der Waals surface area contributed by atoms with Gasteiger partial charge in [0.1, 0.15) is 0 Å². The fourth-order valence-corrected chi connectivity index (χ4v) is 7.60. The second-order valence-electron chi connectivity index (χ2n) is 8.48. The van der Waals surface area contributed by atoms with Gasteiger partial charge in [0, 0.05) is 4.32 Å². The first-order valence-electron chi connectivity index (χ1n) is 9.32. The van der Waals surface area contributed by atoms with Gasteiger partial charge < -0.3 is 0 Å². The molecule has 1 heteroatoms. The largest absolute Gasteiger partial charge is 0.0853 e. The van der Waals surface area contributed by atoms with Crippen LogP contribution in [0.25, 0.3) is 0 Å². The van der Waals surface area contributed by atoms with Crippen molar-refractivity contribution in [2.75, 3.05) is 0 Å². The van der Waals surface area contributed by atoms with E-state index in [1.165, 1.54) is 64.2 Å². The van der Waals surface area contributed by atoms with Crippen LogP contribution in [-0.4, -0.2) is 4.32 Å². The monoisotopic (exact) mass is 340 g/mol. The first-order valence-corrected chi connectivity index (χ1v) is 10.1. The van der Waals surface area contributed by atoms with E-state index in [1.54, 1.807) is 25.7 Å². The summed E-state index contributed by atoms with van der Waals surface area (Å²) in [4.78, 5) is 0. The highest BCUT2D eigenvalue weighted by Crippen LogP contribution is 2.65. The number of hydrogen-bond acceptors (Lipinski definition) is 0. The van der Waals surface area contributed by atoms with Gasteiger partial charge in [0.05, 0.1) is 0 Å². The second kappa shape index (κ2) is 6.31. The van der Waals surface area contributed by atoms with Crippen LogP contribution in [0.4, 0.5) is 0 Å². The maximum absolute atomic E-state index is 4.14. The fraction of sp³-hybridized carbons (Fsp3) is 1.00. The summed E-state index contributed by atoms with van der Waals surface area (Å²) < 4.78 is 0.568. The van der Waals surface area contributed by atoms with Gasteiger partial charge in [0.2, 0.25) is 0 Å². The predicted molar refractivity (Wildman–Crippen MR) is 91.4 cm³/mol. The van der Waals surface area contributed by atoms with Gasteiger partial charge in [-0.2, -0.15) is 0 Å². The van der Waals surface area contributed by atoms with E-state index < -0.39 is 0 Å². The van der Waals surface area contributed by atoms with Gasteiger partial charge in [-0.25, -0.2) is 0 Å². The van der Waals surface area contributed by atoms with E-state index in [0.717, 1.165) is 17.3 Å². The normalized spacial score (nSPS) is 42.3. The van der Waals surface area contributed by atoms with E-state index >= 15 is 0 Å². The van der Waals surface area contributed by atoms with Crippen molar-refractivity contribution in [1.82, 2.24) is 0 Å². The molecule has 4 fully saturated rings. The Bertz CT molecular complexity index is 308. The van der Waals surface area contributed by atoms with E-state index in [9.17, 15) is 0 Å². The van der Waals surface area contributed by atoms with Gasteiger partial charge >= 0.3 is 0 Å². The molecule has 4 rings (SSSR count). The Morgan fingerprint density at radius 2 is 1.45 bits per heavy atom. The second-order valence-corrected chi connectivity index (χ2v) is 10.2. The van der Waals surface area contributed by atoms with Gasteiger partial charge in [-0.05, 0) is 62.2 Å². The fourth-order valence-electron chi connectivity index (χ4n) is 6.09.